The van der Waals surface area contributed by atoms with Gasteiger partial charge in [-0.05, 0) is 50.1 Å². The number of benzene rings is 1. The maximum absolute atomic E-state index is 12.6. The number of ether oxygens (including phenoxy) is 1. The highest BCUT2D eigenvalue weighted by Gasteiger charge is 2.32. The van der Waals surface area contributed by atoms with Crippen molar-refractivity contribution < 1.29 is 17.9 Å². The molecule has 0 aromatic heterocycles. The third-order valence-electron chi connectivity index (χ3n) is 3.58. The molecule has 0 bridgehead atoms. The molecule has 2 rings (SSSR count). The minimum atomic E-state index is -4.29. The number of hydrogen-bond acceptors (Lipinski definition) is 2. The van der Waals surface area contributed by atoms with Gasteiger partial charge in [-0.2, -0.15) is 13.2 Å². The summed E-state index contributed by atoms with van der Waals surface area (Å²) in [6, 6.07) is 3.85. The van der Waals surface area contributed by atoms with Crippen LogP contribution < -0.4 is 5.32 Å². The van der Waals surface area contributed by atoms with Crippen LogP contribution in [0, 0.1) is 6.92 Å². The molecule has 1 heterocycles. The average molecular weight is 273 g/mol. The van der Waals surface area contributed by atoms with Gasteiger partial charge in [0.05, 0.1) is 17.7 Å². The Balaban J connectivity index is 2.28. The van der Waals surface area contributed by atoms with E-state index in [9.17, 15) is 13.2 Å². The Kier molecular flexibility index (Phi) is 4.16. The van der Waals surface area contributed by atoms with Crippen molar-refractivity contribution in [1.82, 2.24) is 5.32 Å². The van der Waals surface area contributed by atoms with Gasteiger partial charge in [0, 0.05) is 6.61 Å². The zero-order valence-electron chi connectivity index (χ0n) is 11.1. The quantitative estimate of drug-likeness (QED) is 0.910. The van der Waals surface area contributed by atoms with Gasteiger partial charge in [0.2, 0.25) is 0 Å². The van der Waals surface area contributed by atoms with E-state index in [0.717, 1.165) is 31.1 Å². The van der Waals surface area contributed by atoms with Crippen molar-refractivity contribution in [1.29, 1.82) is 0 Å². The van der Waals surface area contributed by atoms with Crippen LogP contribution >= 0.6 is 0 Å². The fraction of sp³-hybridized carbons (Fsp3) is 0.571. The molecule has 0 saturated carbocycles. The predicted molar refractivity (Wildman–Crippen MR) is 67.0 cm³/mol. The van der Waals surface area contributed by atoms with Crippen LogP contribution in [-0.2, 0) is 10.9 Å². The third kappa shape index (κ3) is 3.09. The fourth-order valence-corrected chi connectivity index (χ4v) is 2.61. The van der Waals surface area contributed by atoms with Crippen LogP contribution in [0.1, 0.15) is 35.6 Å². The van der Waals surface area contributed by atoms with Crippen molar-refractivity contribution in [3.63, 3.8) is 0 Å². The second kappa shape index (κ2) is 5.51. The van der Waals surface area contributed by atoms with Gasteiger partial charge in [-0.15, -0.1) is 0 Å². The van der Waals surface area contributed by atoms with E-state index in [4.69, 9.17) is 4.74 Å². The molecular weight excluding hydrogens is 255 g/mol. The van der Waals surface area contributed by atoms with Crippen molar-refractivity contribution in [2.24, 2.45) is 0 Å². The van der Waals surface area contributed by atoms with Crippen molar-refractivity contribution in [3.8, 4) is 0 Å². The summed E-state index contributed by atoms with van der Waals surface area (Å²) < 4.78 is 43.6. The fourth-order valence-electron chi connectivity index (χ4n) is 2.61. The largest absolute Gasteiger partial charge is 0.416 e. The van der Waals surface area contributed by atoms with E-state index < -0.39 is 11.7 Å². The minimum absolute atomic E-state index is 0.0421. The van der Waals surface area contributed by atoms with Crippen LogP contribution in [0.5, 0.6) is 0 Å². The molecule has 1 aliphatic rings. The molecule has 5 heteroatoms. The molecule has 1 aromatic rings. The number of aryl methyl sites for hydroxylation is 1. The minimum Gasteiger partial charge on any atom is -0.376 e. The molecular formula is C14H18F3NO. The Hall–Kier alpha value is -1.07. The molecule has 0 amide bonds. The van der Waals surface area contributed by atoms with Crippen LogP contribution in [-0.4, -0.2) is 19.8 Å². The van der Waals surface area contributed by atoms with E-state index >= 15 is 0 Å². The standard InChI is InChI=1S/C14H18F3NO/c1-9-8-10(14(15,16)17)5-6-11(9)13(18-2)12-4-3-7-19-12/h5-6,8,12-13,18H,3-4,7H2,1-2H3. The number of likely N-dealkylation sites (N-methyl/N-ethyl adjacent to an activating group) is 1. The van der Waals surface area contributed by atoms with E-state index in [-0.39, 0.29) is 12.1 Å². The number of hydrogen-bond donors (Lipinski definition) is 1. The van der Waals surface area contributed by atoms with Crippen molar-refractivity contribution in [2.45, 2.75) is 38.1 Å². The number of nitrogens with one attached hydrogen (secondary N) is 1. The van der Waals surface area contributed by atoms with Crippen molar-refractivity contribution >= 4 is 0 Å². The highest BCUT2D eigenvalue weighted by molar-refractivity contribution is 5.35. The SMILES string of the molecule is CNC(c1ccc(C(F)(F)F)cc1C)C1CCCO1. The van der Waals surface area contributed by atoms with Crippen LogP contribution in [0.15, 0.2) is 18.2 Å². The molecule has 2 nitrogen and oxygen atoms in total. The Morgan fingerprint density at radius 2 is 2.11 bits per heavy atom. The van der Waals surface area contributed by atoms with Crippen LogP contribution in [0.25, 0.3) is 0 Å². The molecule has 1 N–H and O–H groups in total. The van der Waals surface area contributed by atoms with E-state index in [1.54, 1.807) is 13.0 Å². The normalized spacial score (nSPS) is 21.6. The van der Waals surface area contributed by atoms with Crippen molar-refractivity contribution in [3.05, 3.63) is 34.9 Å². The monoisotopic (exact) mass is 273 g/mol. The molecule has 0 radical (unpaired) electrons. The first-order chi connectivity index (χ1) is 8.93. The molecule has 1 aliphatic heterocycles. The molecule has 106 valence electrons. The summed E-state index contributed by atoms with van der Waals surface area (Å²) in [5, 5.41) is 3.15. The van der Waals surface area contributed by atoms with E-state index in [2.05, 4.69) is 5.32 Å². The highest BCUT2D eigenvalue weighted by atomic mass is 19.4. The van der Waals surface area contributed by atoms with Gasteiger partial charge in [-0.25, -0.2) is 0 Å². The Labute approximate surface area is 111 Å². The van der Waals surface area contributed by atoms with E-state index in [1.165, 1.54) is 6.07 Å². The maximum Gasteiger partial charge on any atom is 0.416 e. The van der Waals surface area contributed by atoms with Gasteiger partial charge in [0.15, 0.2) is 0 Å². The second-order valence-corrected chi connectivity index (χ2v) is 4.89. The summed E-state index contributed by atoms with van der Waals surface area (Å²) in [7, 11) is 1.81. The molecule has 1 fully saturated rings. The molecule has 2 unspecified atom stereocenters. The number of halogens is 3. The lowest BCUT2D eigenvalue weighted by Crippen LogP contribution is -2.29. The molecule has 19 heavy (non-hydrogen) atoms. The van der Waals surface area contributed by atoms with E-state index in [1.807, 2.05) is 7.05 Å². The van der Waals surface area contributed by atoms with Gasteiger partial charge in [-0.1, -0.05) is 6.07 Å². The predicted octanol–water partition coefficient (Wildman–Crippen LogP) is 3.45. The summed E-state index contributed by atoms with van der Waals surface area (Å²) >= 11 is 0. The summed E-state index contributed by atoms with van der Waals surface area (Å²) in [5.74, 6) is 0. The van der Waals surface area contributed by atoms with Gasteiger partial charge in [-0.3, -0.25) is 0 Å². The highest BCUT2D eigenvalue weighted by Crippen LogP contribution is 2.34. The first kappa shape index (κ1) is 14.3. The van der Waals surface area contributed by atoms with Crippen LogP contribution in [0.4, 0.5) is 13.2 Å². The molecule has 0 aliphatic carbocycles. The van der Waals surface area contributed by atoms with Gasteiger partial charge in [0.25, 0.3) is 0 Å². The Morgan fingerprint density at radius 1 is 1.37 bits per heavy atom. The van der Waals surface area contributed by atoms with E-state index in [0.29, 0.717) is 5.56 Å². The molecule has 1 saturated heterocycles. The second-order valence-electron chi connectivity index (χ2n) is 4.89. The number of alkyl halides is 3. The van der Waals surface area contributed by atoms with Crippen LogP contribution in [0.3, 0.4) is 0 Å². The smallest absolute Gasteiger partial charge is 0.376 e. The Morgan fingerprint density at radius 3 is 2.58 bits per heavy atom. The molecule has 0 spiro atoms. The first-order valence-electron chi connectivity index (χ1n) is 6.40. The Bertz CT molecular complexity index is 439. The van der Waals surface area contributed by atoms with Crippen molar-refractivity contribution in [2.75, 3.05) is 13.7 Å². The topological polar surface area (TPSA) is 21.3 Å². The summed E-state index contributed by atoms with van der Waals surface area (Å²) in [5.41, 5.74) is 0.919. The van der Waals surface area contributed by atoms with Gasteiger partial charge < -0.3 is 10.1 Å². The summed E-state index contributed by atoms with van der Waals surface area (Å²) in [4.78, 5) is 0. The lowest BCUT2D eigenvalue weighted by molar-refractivity contribution is -0.137. The zero-order chi connectivity index (χ0) is 14.0. The average Bonchev–Trinajstić information content (AvgIpc) is 2.84. The van der Waals surface area contributed by atoms with Gasteiger partial charge in [0.1, 0.15) is 0 Å². The first-order valence-corrected chi connectivity index (χ1v) is 6.40. The maximum atomic E-state index is 12.6. The summed E-state index contributed by atoms with van der Waals surface area (Å²) in [6.07, 6.45) is -2.31. The molecule has 1 aromatic carbocycles. The lowest BCUT2D eigenvalue weighted by atomic mass is 9.94. The van der Waals surface area contributed by atoms with Crippen LogP contribution in [0.2, 0.25) is 0 Å². The molecule has 2 atom stereocenters. The summed E-state index contributed by atoms with van der Waals surface area (Å²) in [6.45, 7) is 2.44. The number of rotatable bonds is 3. The van der Waals surface area contributed by atoms with Gasteiger partial charge >= 0.3 is 6.18 Å². The lowest BCUT2D eigenvalue weighted by Gasteiger charge is -2.25. The third-order valence-corrected chi connectivity index (χ3v) is 3.58. The zero-order valence-corrected chi connectivity index (χ0v) is 11.1.